The second kappa shape index (κ2) is 16.7. The van der Waals surface area contributed by atoms with Crippen molar-refractivity contribution in [1.82, 2.24) is 4.57 Å². The number of rotatable bonds is 8. The number of para-hydroxylation sites is 3. The smallest absolute Gasteiger partial charge is 0.143 e. The molecule has 332 valence electrons. The van der Waals surface area contributed by atoms with E-state index in [1.54, 1.807) is 0 Å². The molecule has 3 nitrogen and oxygen atoms in total. The first-order valence-corrected chi connectivity index (χ1v) is 24.3. The number of benzene rings is 12. The first kappa shape index (κ1) is 40.6. The molecule has 0 saturated carbocycles. The molecule has 3 heteroatoms. The molecule has 0 aliphatic carbocycles. The van der Waals surface area contributed by atoms with Crippen LogP contribution < -0.4 is 4.90 Å². The van der Waals surface area contributed by atoms with Gasteiger partial charge >= 0.3 is 0 Å². The van der Waals surface area contributed by atoms with Crippen molar-refractivity contribution in [2.24, 2.45) is 0 Å². The van der Waals surface area contributed by atoms with Crippen LogP contribution in [0.1, 0.15) is 0 Å². The minimum absolute atomic E-state index is 0.882. The Morgan fingerprint density at radius 2 is 0.817 bits per heavy atom. The summed E-state index contributed by atoms with van der Waals surface area (Å²) in [5, 5.41) is 9.55. The summed E-state index contributed by atoms with van der Waals surface area (Å²) in [6.45, 7) is 0. The van der Waals surface area contributed by atoms with E-state index in [4.69, 9.17) is 4.42 Å². The highest BCUT2D eigenvalue weighted by Gasteiger charge is 2.20. The van der Waals surface area contributed by atoms with Crippen LogP contribution >= 0.6 is 0 Å². The van der Waals surface area contributed by atoms with E-state index >= 15 is 0 Å². The fourth-order valence-electron chi connectivity index (χ4n) is 11.0. The van der Waals surface area contributed by atoms with Gasteiger partial charge in [-0.3, -0.25) is 0 Å². The number of nitrogens with zero attached hydrogens (tertiary/aromatic N) is 2. The highest BCUT2D eigenvalue weighted by atomic mass is 16.3. The van der Waals surface area contributed by atoms with Crippen LogP contribution in [0.5, 0.6) is 0 Å². The molecule has 0 aliphatic heterocycles. The van der Waals surface area contributed by atoms with Crippen molar-refractivity contribution in [2.75, 3.05) is 4.90 Å². The van der Waals surface area contributed by atoms with Crippen molar-refractivity contribution >= 4 is 82.4 Å². The van der Waals surface area contributed by atoms with Crippen molar-refractivity contribution in [3.05, 3.63) is 267 Å². The zero-order chi connectivity index (χ0) is 46.8. The summed E-state index contributed by atoms with van der Waals surface area (Å²) >= 11 is 0. The maximum Gasteiger partial charge on any atom is 0.143 e. The average molecular weight is 905 g/mol. The Morgan fingerprint density at radius 3 is 1.54 bits per heavy atom. The van der Waals surface area contributed by atoms with Gasteiger partial charge in [0.05, 0.1) is 16.7 Å². The first-order valence-electron chi connectivity index (χ1n) is 24.3. The zero-order valence-corrected chi connectivity index (χ0v) is 38.7. The van der Waals surface area contributed by atoms with Crippen LogP contribution in [0.2, 0.25) is 0 Å². The monoisotopic (exact) mass is 904 g/mol. The normalized spacial score (nSPS) is 11.7. The molecule has 0 amide bonds. The predicted octanol–water partition coefficient (Wildman–Crippen LogP) is 19.1. The Balaban J connectivity index is 0.862. The fraction of sp³-hybridized carbons (Fsp3) is 0. The Kier molecular flexibility index (Phi) is 9.53. The number of hydrogen-bond acceptors (Lipinski definition) is 2. The van der Waals surface area contributed by atoms with Gasteiger partial charge in [0.1, 0.15) is 11.2 Å². The van der Waals surface area contributed by atoms with Crippen LogP contribution in [0.25, 0.3) is 115 Å². The van der Waals surface area contributed by atoms with Gasteiger partial charge in [-0.15, -0.1) is 0 Å². The molecule has 0 N–H and O–H groups in total. The second-order valence-electron chi connectivity index (χ2n) is 18.4. The summed E-state index contributed by atoms with van der Waals surface area (Å²) < 4.78 is 8.95. The van der Waals surface area contributed by atoms with Gasteiger partial charge in [-0.2, -0.15) is 0 Å². The van der Waals surface area contributed by atoms with Crippen LogP contribution in [0.15, 0.2) is 271 Å². The standard InChI is InChI=1S/C68H44N2O/c1-3-18-56-48(13-1)15-12-23-57(56)50-29-27-45(28-30-50)46-31-37-53(38-32-46)69(64-24-8-5-19-58(64)52-36-42-67-63(44-52)62-41-35-49-14-2-4-20-59(49)68(62)71-67)54-39-33-47(34-40-54)51-16-11-17-55(43-51)70-65-25-9-6-21-60(65)61-22-7-10-26-66(61)70/h1-44H. The van der Waals surface area contributed by atoms with E-state index in [2.05, 4.69) is 276 Å². The van der Waals surface area contributed by atoms with Crippen LogP contribution in [-0.2, 0) is 0 Å². The largest absolute Gasteiger partial charge is 0.455 e. The third-order valence-corrected chi connectivity index (χ3v) is 14.4. The van der Waals surface area contributed by atoms with Crippen LogP contribution in [-0.4, -0.2) is 4.57 Å². The predicted molar refractivity (Wildman–Crippen MR) is 299 cm³/mol. The molecule has 14 rings (SSSR count). The SMILES string of the molecule is c1cc(-c2ccc(N(c3ccc(-c4ccc(-c5cccc6ccccc56)cc4)cc3)c3ccccc3-c3ccc4oc5c6ccccc6ccc5c4c3)cc2)cc(-n2c3ccccc3c3ccccc32)c1. The molecule has 2 heterocycles. The molecular weight excluding hydrogens is 861 g/mol. The van der Waals surface area contributed by atoms with Crippen molar-refractivity contribution in [1.29, 1.82) is 0 Å². The second-order valence-corrected chi connectivity index (χ2v) is 18.4. The number of aromatic nitrogens is 1. The molecule has 14 aromatic rings. The van der Waals surface area contributed by atoms with Gasteiger partial charge in [0, 0.05) is 49.6 Å². The van der Waals surface area contributed by atoms with Crippen molar-refractivity contribution < 1.29 is 4.42 Å². The molecule has 71 heavy (non-hydrogen) atoms. The first-order chi connectivity index (χ1) is 35.2. The number of furan rings is 1. The van der Waals surface area contributed by atoms with Crippen LogP contribution in [0, 0.1) is 0 Å². The highest BCUT2D eigenvalue weighted by molar-refractivity contribution is 6.16. The van der Waals surface area contributed by atoms with Crippen LogP contribution in [0.3, 0.4) is 0 Å². The zero-order valence-electron chi connectivity index (χ0n) is 38.7. The topological polar surface area (TPSA) is 21.3 Å². The lowest BCUT2D eigenvalue weighted by Gasteiger charge is -2.28. The molecule has 12 aromatic carbocycles. The molecule has 0 bridgehead atoms. The number of fused-ring (bicyclic) bond motifs is 9. The van der Waals surface area contributed by atoms with Gasteiger partial charge in [0.2, 0.25) is 0 Å². The molecule has 0 unspecified atom stereocenters. The summed E-state index contributed by atoms with van der Waals surface area (Å²) in [6, 6.07) is 96.7. The Bertz CT molecular complexity index is 4270. The molecule has 0 atom stereocenters. The van der Waals surface area contributed by atoms with Gasteiger partial charge in [-0.1, -0.05) is 194 Å². The summed E-state index contributed by atoms with van der Waals surface area (Å²) in [5.74, 6) is 0. The van der Waals surface area contributed by atoms with E-state index in [-0.39, 0.29) is 0 Å². The quantitative estimate of drug-likeness (QED) is 0.151. The number of hydrogen-bond donors (Lipinski definition) is 0. The van der Waals surface area contributed by atoms with Gasteiger partial charge in [0.15, 0.2) is 0 Å². The van der Waals surface area contributed by atoms with Gasteiger partial charge in [0.25, 0.3) is 0 Å². The Labute approximate surface area is 411 Å². The van der Waals surface area contributed by atoms with Gasteiger partial charge in [-0.05, 0) is 128 Å². The van der Waals surface area contributed by atoms with Crippen LogP contribution in [0.4, 0.5) is 17.1 Å². The van der Waals surface area contributed by atoms with E-state index in [1.165, 1.54) is 54.7 Å². The van der Waals surface area contributed by atoms with Gasteiger partial charge in [-0.25, -0.2) is 0 Å². The summed E-state index contributed by atoms with van der Waals surface area (Å²) in [4.78, 5) is 2.40. The Morgan fingerprint density at radius 1 is 0.296 bits per heavy atom. The average Bonchev–Trinajstić information content (AvgIpc) is 4.00. The fourth-order valence-corrected chi connectivity index (χ4v) is 11.0. The maximum absolute atomic E-state index is 6.57. The van der Waals surface area contributed by atoms with Gasteiger partial charge < -0.3 is 13.9 Å². The lowest BCUT2D eigenvalue weighted by Crippen LogP contribution is -2.11. The summed E-state index contributed by atoms with van der Waals surface area (Å²) in [5.41, 5.74) is 17.9. The maximum atomic E-state index is 6.57. The van der Waals surface area contributed by atoms with Crippen molar-refractivity contribution in [3.8, 4) is 50.2 Å². The summed E-state index contributed by atoms with van der Waals surface area (Å²) in [6.07, 6.45) is 0. The lowest BCUT2D eigenvalue weighted by molar-refractivity contribution is 0.672. The molecule has 2 aromatic heterocycles. The highest BCUT2D eigenvalue weighted by Crippen LogP contribution is 2.44. The van der Waals surface area contributed by atoms with E-state index in [0.717, 1.165) is 77.9 Å². The molecule has 0 fully saturated rings. The third kappa shape index (κ3) is 6.89. The Hall–Kier alpha value is -9.44. The molecule has 0 aliphatic rings. The minimum atomic E-state index is 0.882. The third-order valence-electron chi connectivity index (χ3n) is 14.4. The van der Waals surface area contributed by atoms with E-state index < -0.39 is 0 Å². The molecule has 0 radical (unpaired) electrons. The van der Waals surface area contributed by atoms with E-state index in [1.807, 2.05) is 0 Å². The molecule has 0 saturated heterocycles. The lowest BCUT2D eigenvalue weighted by atomic mass is 9.96. The summed E-state index contributed by atoms with van der Waals surface area (Å²) in [7, 11) is 0. The van der Waals surface area contributed by atoms with E-state index in [9.17, 15) is 0 Å². The minimum Gasteiger partial charge on any atom is -0.455 e. The molecular formula is C68H44N2O. The van der Waals surface area contributed by atoms with Crippen molar-refractivity contribution in [2.45, 2.75) is 0 Å². The van der Waals surface area contributed by atoms with Crippen molar-refractivity contribution in [3.63, 3.8) is 0 Å². The van der Waals surface area contributed by atoms with E-state index in [0.29, 0.717) is 0 Å². The molecule has 0 spiro atoms. The number of anilines is 3.